The first-order valence-corrected chi connectivity index (χ1v) is 9.47. The number of benzene rings is 1. The van der Waals surface area contributed by atoms with Crippen molar-refractivity contribution in [2.45, 2.75) is 69.9 Å². The van der Waals surface area contributed by atoms with Crippen molar-refractivity contribution in [1.82, 2.24) is 15.1 Å². The number of piperidine rings is 1. The van der Waals surface area contributed by atoms with Gasteiger partial charge in [0, 0.05) is 23.2 Å². The van der Waals surface area contributed by atoms with Gasteiger partial charge in [0.1, 0.15) is 11.5 Å². The Labute approximate surface area is 153 Å². The van der Waals surface area contributed by atoms with E-state index < -0.39 is 0 Å². The van der Waals surface area contributed by atoms with Crippen molar-refractivity contribution in [2.75, 3.05) is 0 Å². The summed E-state index contributed by atoms with van der Waals surface area (Å²) in [6.45, 7) is 6.31. The summed E-state index contributed by atoms with van der Waals surface area (Å²) >= 11 is 0. The number of rotatable bonds is 2. The van der Waals surface area contributed by atoms with Crippen LogP contribution in [0.5, 0.6) is 0 Å². The molecular weight excluding hydrogens is 329 g/mol. The van der Waals surface area contributed by atoms with E-state index in [2.05, 4.69) is 35.9 Å². The van der Waals surface area contributed by atoms with Crippen molar-refractivity contribution >= 4 is 5.91 Å². The number of nitrogens with zero attached hydrogens (tertiary/aromatic N) is 2. The van der Waals surface area contributed by atoms with Crippen LogP contribution in [0.2, 0.25) is 0 Å². The predicted octanol–water partition coefficient (Wildman–Crippen LogP) is 4.40. The number of H-pyrrole nitrogens is 1. The van der Waals surface area contributed by atoms with Crippen LogP contribution in [0, 0.1) is 5.82 Å². The summed E-state index contributed by atoms with van der Waals surface area (Å²) in [5.41, 5.74) is 2.63. The molecule has 2 fully saturated rings. The van der Waals surface area contributed by atoms with Crippen molar-refractivity contribution in [3.63, 3.8) is 0 Å². The van der Waals surface area contributed by atoms with Crippen LogP contribution in [-0.2, 0) is 5.41 Å². The Morgan fingerprint density at radius 3 is 2.31 bits per heavy atom. The number of carbonyl (C=O) groups excluding carboxylic acids is 1. The molecule has 0 aliphatic carbocycles. The van der Waals surface area contributed by atoms with Crippen LogP contribution < -0.4 is 0 Å². The maximum absolute atomic E-state index is 13.2. The molecule has 4 rings (SSSR count). The molecular formula is C21H26FN3O. The van der Waals surface area contributed by atoms with E-state index in [4.69, 9.17) is 0 Å². The van der Waals surface area contributed by atoms with Gasteiger partial charge in [0.05, 0.1) is 0 Å². The van der Waals surface area contributed by atoms with Crippen LogP contribution in [-0.4, -0.2) is 33.1 Å². The van der Waals surface area contributed by atoms with E-state index in [1.807, 2.05) is 18.2 Å². The molecule has 1 amide bonds. The number of amides is 1. The second-order valence-corrected chi connectivity index (χ2v) is 8.73. The zero-order chi connectivity index (χ0) is 18.5. The zero-order valence-electron chi connectivity index (χ0n) is 15.6. The number of fused-ring (bicyclic) bond motifs is 2. The van der Waals surface area contributed by atoms with Gasteiger partial charge in [-0.25, -0.2) is 4.39 Å². The molecule has 2 saturated heterocycles. The van der Waals surface area contributed by atoms with Gasteiger partial charge in [0.2, 0.25) is 0 Å². The van der Waals surface area contributed by atoms with E-state index >= 15 is 0 Å². The lowest BCUT2D eigenvalue weighted by Crippen LogP contribution is -2.46. The van der Waals surface area contributed by atoms with Crippen molar-refractivity contribution < 1.29 is 9.18 Å². The molecule has 3 heterocycles. The molecule has 2 atom stereocenters. The van der Waals surface area contributed by atoms with E-state index in [9.17, 15) is 9.18 Å². The lowest BCUT2D eigenvalue weighted by atomic mass is 9.85. The summed E-state index contributed by atoms with van der Waals surface area (Å²) < 4.78 is 13.2. The Morgan fingerprint density at radius 1 is 1.15 bits per heavy atom. The van der Waals surface area contributed by atoms with Gasteiger partial charge in [0.15, 0.2) is 0 Å². The molecule has 2 bridgehead atoms. The second-order valence-electron chi connectivity index (χ2n) is 8.73. The van der Waals surface area contributed by atoms with Crippen molar-refractivity contribution in [2.24, 2.45) is 0 Å². The van der Waals surface area contributed by atoms with Crippen LogP contribution in [0.15, 0.2) is 30.3 Å². The average molecular weight is 355 g/mol. The molecule has 2 aliphatic rings. The monoisotopic (exact) mass is 355 g/mol. The van der Waals surface area contributed by atoms with Crippen molar-refractivity contribution in [3.8, 4) is 0 Å². The molecule has 26 heavy (non-hydrogen) atoms. The normalized spacial score (nSPS) is 25.5. The van der Waals surface area contributed by atoms with Gasteiger partial charge in [-0.05, 0) is 55.4 Å². The minimum absolute atomic E-state index is 0.0433. The van der Waals surface area contributed by atoms with Gasteiger partial charge in [-0.2, -0.15) is 5.10 Å². The molecule has 1 aromatic heterocycles. The smallest absolute Gasteiger partial charge is 0.274 e. The fourth-order valence-electron chi connectivity index (χ4n) is 4.46. The van der Waals surface area contributed by atoms with Crippen molar-refractivity contribution in [3.05, 3.63) is 53.1 Å². The number of nitrogens with one attached hydrogen (secondary N) is 1. The number of aromatic nitrogens is 2. The van der Waals surface area contributed by atoms with Crippen LogP contribution >= 0.6 is 0 Å². The SMILES string of the molecule is CC(C)(C)c1cc(C(=O)N2C3CCC2CC(c2ccc(F)cc2)C3)n[nH]1. The third-order valence-electron chi connectivity index (χ3n) is 5.91. The highest BCUT2D eigenvalue weighted by Gasteiger charge is 2.44. The van der Waals surface area contributed by atoms with E-state index in [0.717, 1.165) is 31.4 Å². The van der Waals surface area contributed by atoms with Gasteiger partial charge < -0.3 is 4.90 Å². The average Bonchev–Trinajstić information content (AvgIpc) is 3.18. The van der Waals surface area contributed by atoms with E-state index in [1.54, 1.807) is 0 Å². The quantitative estimate of drug-likeness (QED) is 0.868. The fourth-order valence-corrected chi connectivity index (χ4v) is 4.46. The molecule has 2 aliphatic heterocycles. The molecule has 0 spiro atoms. The molecule has 4 nitrogen and oxygen atoms in total. The first-order valence-electron chi connectivity index (χ1n) is 9.47. The highest BCUT2D eigenvalue weighted by molar-refractivity contribution is 5.93. The van der Waals surface area contributed by atoms with Gasteiger partial charge in [-0.1, -0.05) is 32.9 Å². The summed E-state index contributed by atoms with van der Waals surface area (Å²) in [6.07, 6.45) is 3.99. The predicted molar refractivity (Wildman–Crippen MR) is 98.6 cm³/mol. The van der Waals surface area contributed by atoms with Gasteiger partial charge in [-0.3, -0.25) is 9.89 Å². The lowest BCUT2D eigenvalue weighted by molar-refractivity contribution is 0.0565. The van der Waals surface area contributed by atoms with Crippen LogP contribution in [0.4, 0.5) is 4.39 Å². The Morgan fingerprint density at radius 2 is 1.77 bits per heavy atom. The van der Waals surface area contributed by atoms with Gasteiger partial charge >= 0.3 is 0 Å². The summed E-state index contributed by atoms with van der Waals surface area (Å²) in [6, 6.07) is 9.25. The van der Waals surface area contributed by atoms with Gasteiger partial charge in [-0.15, -0.1) is 0 Å². The highest BCUT2D eigenvalue weighted by Crippen LogP contribution is 2.43. The van der Waals surface area contributed by atoms with Crippen molar-refractivity contribution in [1.29, 1.82) is 0 Å². The second kappa shape index (κ2) is 6.22. The number of halogens is 1. The molecule has 0 saturated carbocycles. The molecule has 1 N–H and O–H groups in total. The van der Waals surface area contributed by atoms with E-state index in [0.29, 0.717) is 11.6 Å². The van der Waals surface area contributed by atoms with Crippen LogP contribution in [0.3, 0.4) is 0 Å². The van der Waals surface area contributed by atoms with Crippen LogP contribution in [0.1, 0.15) is 74.1 Å². The first kappa shape index (κ1) is 17.3. The molecule has 138 valence electrons. The molecule has 5 heteroatoms. The minimum Gasteiger partial charge on any atom is -0.331 e. The lowest BCUT2D eigenvalue weighted by Gasteiger charge is -2.39. The summed E-state index contributed by atoms with van der Waals surface area (Å²) in [5.74, 6) is 0.251. The maximum atomic E-state index is 13.2. The van der Waals surface area contributed by atoms with Gasteiger partial charge in [0.25, 0.3) is 5.91 Å². The first-order chi connectivity index (χ1) is 12.3. The topological polar surface area (TPSA) is 49.0 Å². The third-order valence-corrected chi connectivity index (χ3v) is 5.91. The van der Waals surface area contributed by atoms with Crippen LogP contribution in [0.25, 0.3) is 0 Å². The Kier molecular flexibility index (Phi) is 4.13. The standard InChI is InChI=1S/C21H26FN3O/c1-21(2,3)19-12-18(23-24-19)20(26)25-16-8-9-17(25)11-14(10-16)13-4-6-15(22)7-5-13/h4-7,12,14,16-17H,8-11H2,1-3H3,(H,23,24). The van der Waals surface area contributed by atoms with E-state index in [-0.39, 0.29) is 29.2 Å². The summed E-state index contributed by atoms with van der Waals surface area (Å²) in [7, 11) is 0. The molecule has 2 aromatic rings. The Bertz CT molecular complexity index is 791. The fraction of sp³-hybridized carbons (Fsp3) is 0.524. The Hall–Kier alpha value is -2.17. The highest BCUT2D eigenvalue weighted by atomic mass is 19.1. The maximum Gasteiger partial charge on any atom is 0.274 e. The summed E-state index contributed by atoms with van der Waals surface area (Å²) in [4.78, 5) is 15.1. The zero-order valence-corrected chi connectivity index (χ0v) is 15.6. The number of carbonyl (C=O) groups is 1. The number of hydrogen-bond donors (Lipinski definition) is 1. The summed E-state index contributed by atoms with van der Waals surface area (Å²) in [5, 5.41) is 7.31. The number of hydrogen-bond acceptors (Lipinski definition) is 2. The van der Waals surface area contributed by atoms with E-state index in [1.165, 1.54) is 17.7 Å². The molecule has 1 aromatic carbocycles. The Balaban J connectivity index is 1.52. The minimum atomic E-state index is -0.197. The largest absolute Gasteiger partial charge is 0.331 e. The number of aromatic amines is 1. The molecule has 0 radical (unpaired) electrons. The third kappa shape index (κ3) is 3.04. The molecule has 2 unspecified atom stereocenters.